The summed E-state index contributed by atoms with van der Waals surface area (Å²) in [7, 11) is 0. The van der Waals surface area contributed by atoms with Crippen molar-refractivity contribution >= 4 is 0 Å². The van der Waals surface area contributed by atoms with Crippen LogP contribution >= 0.6 is 0 Å². The van der Waals surface area contributed by atoms with Crippen molar-refractivity contribution in [2.45, 2.75) is 13.0 Å². The fourth-order valence-electron chi connectivity index (χ4n) is 1.12. The first-order valence-corrected chi connectivity index (χ1v) is 3.44. The van der Waals surface area contributed by atoms with Gasteiger partial charge in [-0.25, -0.2) is 4.98 Å². The van der Waals surface area contributed by atoms with E-state index in [1.807, 2.05) is 0 Å². The van der Waals surface area contributed by atoms with Gasteiger partial charge in [-0.15, -0.1) is 0 Å². The lowest BCUT2D eigenvalue weighted by atomic mass is 10.1. The van der Waals surface area contributed by atoms with Crippen LogP contribution in [0.1, 0.15) is 11.3 Å². The molecule has 57 valence electrons. The van der Waals surface area contributed by atoms with Crippen LogP contribution in [0.15, 0.2) is 4.79 Å². The second kappa shape index (κ2) is 2.47. The average Bonchev–Trinajstić information content (AvgIpc) is 2.06. The number of hydrogen-bond donors (Lipinski definition) is 1. The minimum atomic E-state index is -0.130. The van der Waals surface area contributed by atoms with Gasteiger partial charge in [-0.1, -0.05) is 0 Å². The van der Waals surface area contributed by atoms with E-state index >= 15 is 0 Å². The predicted molar refractivity (Wildman–Crippen MR) is 37.1 cm³/mol. The topological polar surface area (TPSA) is 55.0 Å². The highest BCUT2D eigenvalue weighted by Gasteiger charge is 2.12. The molecule has 1 aromatic heterocycles. The van der Waals surface area contributed by atoms with Gasteiger partial charge in [0.1, 0.15) is 0 Å². The first-order chi connectivity index (χ1) is 5.38. The van der Waals surface area contributed by atoms with Crippen molar-refractivity contribution in [1.82, 2.24) is 9.97 Å². The number of fused-ring (bicyclic) bond motifs is 1. The van der Waals surface area contributed by atoms with Gasteiger partial charge in [-0.2, -0.15) is 0 Å². The number of rotatable bonds is 0. The van der Waals surface area contributed by atoms with Crippen LogP contribution in [0.5, 0.6) is 0 Å². The molecule has 0 amide bonds. The van der Waals surface area contributed by atoms with E-state index in [0.717, 1.165) is 12.1 Å². The van der Waals surface area contributed by atoms with E-state index in [1.54, 1.807) is 0 Å². The molecule has 0 aromatic carbocycles. The van der Waals surface area contributed by atoms with Gasteiger partial charge in [0.25, 0.3) is 5.56 Å². The Kier molecular flexibility index (Phi) is 1.47. The first-order valence-electron chi connectivity index (χ1n) is 3.44. The maximum absolute atomic E-state index is 11.1. The van der Waals surface area contributed by atoms with Crippen LogP contribution in [-0.2, 0) is 17.8 Å². The van der Waals surface area contributed by atoms with Crippen molar-refractivity contribution < 1.29 is 4.74 Å². The summed E-state index contributed by atoms with van der Waals surface area (Å²) in [5.41, 5.74) is 1.34. The van der Waals surface area contributed by atoms with Crippen molar-refractivity contribution in [3.8, 4) is 0 Å². The van der Waals surface area contributed by atoms with Crippen LogP contribution in [0.3, 0.4) is 0 Å². The Labute approximate surface area is 63.2 Å². The zero-order valence-electron chi connectivity index (χ0n) is 5.89. The van der Waals surface area contributed by atoms with E-state index in [2.05, 4.69) is 16.3 Å². The summed E-state index contributed by atoms with van der Waals surface area (Å²) < 4.78 is 5.10. The van der Waals surface area contributed by atoms with Crippen LogP contribution < -0.4 is 5.56 Å². The fourth-order valence-corrected chi connectivity index (χ4v) is 1.12. The average molecular weight is 151 g/mol. The highest BCUT2D eigenvalue weighted by Crippen LogP contribution is 2.07. The number of aromatic amines is 1. The molecule has 0 spiro atoms. The number of hydrogen-bond acceptors (Lipinski definition) is 3. The van der Waals surface area contributed by atoms with Gasteiger partial charge in [-0.05, 0) is 0 Å². The number of aromatic nitrogens is 2. The zero-order valence-corrected chi connectivity index (χ0v) is 5.89. The quantitative estimate of drug-likeness (QED) is 0.551. The van der Waals surface area contributed by atoms with E-state index in [0.29, 0.717) is 18.8 Å². The molecule has 0 atom stereocenters. The summed E-state index contributed by atoms with van der Waals surface area (Å²) in [6.07, 6.45) is 3.16. The molecule has 2 rings (SSSR count). The number of H-pyrrole nitrogens is 1. The van der Waals surface area contributed by atoms with Gasteiger partial charge in [0.2, 0.25) is 0 Å². The number of nitrogens with zero attached hydrogens (tertiary/aromatic N) is 1. The van der Waals surface area contributed by atoms with E-state index in [4.69, 9.17) is 4.74 Å². The Morgan fingerprint density at radius 1 is 1.64 bits per heavy atom. The zero-order chi connectivity index (χ0) is 7.68. The lowest BCUT2D eigenvalue weighted by molar-refractivity contribution is 0.108. The highest BCUT2D eigenvalue weighted by molar-refractivity contribution is 5.16. The van der Waals surface area contributed by atoms with Crippen molar-refractivity contribution in [1.29, 1.82) is 0 Å². The molecule has 1 N–H and O–H groups in total. The van der Waals surface area contributed by atoms with E-state index < -0.39 is 0 Å². The number of nitrogens with one attached hydrogen (secondary N) is 1. The third-order valence-corrected chi connectivity index (χ3v) is 1.71. The monoisotopic (exact) mass is 151 g/mol. The third-order valence-electron chi connectivity index (χ3n) is 1.71. The Bertz CT molecular complexity index is 318. The minimum absolute atomic E-state index is 0.130. The van der Waals surface area contributed by atoms with Crippen molar-refractivity contribution in [2.24, 2.45) is 0 Å². The first kappa shape index (κ1) is 6.54. The molecule has 1 aliphatic heterocycles. The highest BCUT2D eigenvalue weighted by atomic mass is 16.5. The van der Waals surface area contributed by atoms with Crippen LogP contribution in [0.2, 0.25) is 0 Å². The predicted octanol–water partition coefficient (Wildman–Crippen LogP) is -0.357. The Morgan fingerprint density at radius 2 is 2.55 bits per heavy atom. The maximum Gasteiger partial charge on any atom is 0.257 e. The Balaban J connectivity index is 2.58. The van der Waals surface area contributed by atoms with E-state index in [-0.39, 0.29) is 5.56 Å². The van der Waals surface area contributed by atoms with Crippen LogP contribution in [0, 0.1) is 6.33 Å². The maximum atomic E-state index is 11.1. The van der Waals surface area contributed by atoms with Gasteiger partial charge in [0.15, 0.2) is 6.33 Å². The summed E-state index contributed by atoms with van der Waals surface area (Å²) in [4.78, 5) is 17.4. The SMILES string of the molecule is O=c1[nH][c]nc2c1COCC2. The van der Waals surface area contributed by atoms with Crippen molar-refractivity contribution in [3.05, 3.63) is 27.9 Å². The molecule has 4 heteroatoms. The summed E-state index contributed by atoms with van der Waals surface area (Å²) in [6.45, 7) is 1.03. The van der Waals surface area contributed by atoms with Gasteiger partial charge >= 0.3 is 0 Å². The summed E-state index contributed by atoms with van der Waals surface area (Å²) in [5.74, 6) is 0. The largest absolute Gasteiger partial charge is 0.376 e. The van der Waals surface area contributed by atoms with Crippen molar-refractivity contribution in [3.63, 3.8) is 0 Å². The smallest absolute Gasteiger partial charge is 0.257 e. The summed E-state index contributed by atoms with van der Waals surface area (Å²) in [6, 6.07) is 0. The molecule has 0 saturated heterocycles. The van der Waals surface area contributed by atoms with Crippen LogP contribution in [0.25, 0.3) is 0 Å². The second-order valence-corrected chi connectivity index (χ2v) is 2.41. The molecule has 1 radical (unpaired) electrons. The standard InChI is InChI=1S/C7H7N2O2/c10-7-5-3-11-2-1-6(5)8-4-9-7/h1-3H2,(H,8,9,10). The van der Waals surface area contributed by atoms with Gasteiger partial charge in [0.05, 0.1) is 24.5 Å². The minimum Gasteiger partial charge on any atom is -0.376 e. The van der Waals surface area contributed by atoms with Crippen LogP contribution in [0.4, 0.5) is 0 Å². The molecule has 0 fully saturated rings. The Morgan fingerprint density at radius 3 is 3.36 bits per heavy atom. The lowest BCUT2D eigenvalue weighted by Crippen LogP contribution is -2.22. The van der Waals surface area contributed by atoms with Crippen molar-refractivity contribution in [2.75, 3.05) is 6.61 Å². The molecule has 0 bridgehead atoms. The molecular formula is C7H7N2O2. The number of ether oxygens (including phenoxy) is 1. The summed E-state index contributed by atoms with van der Waals surface area (Å²) >= 11 is 0. The lowest BCUT2D eigenvalue weighted by Gasteiger charge is -2.12. The molecular weight excluding hydrogens is 144 g/mol. The Hall–Kier alpha value is -1.16. The summed E-state index contributed by atoms with van der Waals surface area (Å²) in [5, 5.41) is 0. The van der Waals surface area contributed by atoms with E-state index in [1.165, 1.54) is 0 Å². The molecule has 11 heavy (non-hydrogen) atoms. The normalized spacial score (nSPS) is 16.0. The molecule has 0 saturated carbocycles. The van der Waals surface area contributed by atoms with Crippen LogP contribution in [-0.4, -0.2) is 16.6 Å². The van der Waals surface area contributed by atoms with Gasteiger partial charge in [0, 0.05) is 6.42 Å². The molecule has 4 nitrogen and oxygen atoms in total. The second-order valence-electron chi connectivity index (χ2n) is 2.41. The fraction of sp³-hybridized carbons (Fsp3) is 0.429. The molecule has 2 heterocycles. The molecule has 0 unspecified atom stereocenters. The molecule has 1 aliphatic rings. The van der Waals surface area contributed by atoms with Gasteiger partial charge < -0.3 is 9.72 Å². The van der Waals surface area contributed by atoms with E-state index in [9.17, 15) is 4.79 Å². The third kappa shape index (κ3) is 1.05. The molecule has 1 aromatic rings. The molecule has 0 aliphatic carbocycles. The van der Waals surface area contributed by atoms with Gasteiger partial charge in [-0.3, -0.25) is 4.79 Å².